The molecular weight excluding hydrogens is 571 g/mol. The summed E-state index contributed by atoms with van der Waals surface area (Å²) in [5, 5.41) is 11.5. The van der Waals surface area contributed by atoms with E-state index < -0.39 is 5.66 Å². The number of carbonyl (C=O) groups excluding carboxylic acids is 2. The Labute approximate surface area is 257 Å². The van der Waals surface area contributed by atoms with Gasteiger partial charge in [-0.1, -0.05) is 75.4 Å². The lowest BCUT2D eigenvalue weighted by Gasteiger charge is -2.47. The average Bonchev–Trinajstić information content (AvgIpc) is 3.55. The smallest absolute Gasteiger partial charge is 0.275 e. The van der Waals surface area contributed by atoms with Crippen molar-refractivity contribution in [1.29, 1.82) is 0 Å². The van der Waals surface area contributed by atoms with E-state index in [2.05, 4.69) is 46.2 Å². The summed E-state index contributed by atoms with van der Waals surface area (Å²) in [6.07, 6.45) is 6.63. The van der Waals surface area contributed by atoms with Crippen LogP contribution >= 0.6 is 23.2 Å². The lowest BCUT2D eigenvalue weighted by atomic mass is 9.75. The van der Waals surface area contributed by atoms with Crippen LogP contribution < -0.4 is 5.32 Å². The molecule has 2 aromatic carbocycles. The Morgan fingerprint density at radius 2 is 1.76 bits per heavy atom. The molecule has 1 spiro atoms. The van der Waals surface area contributed by atoms with Crippen molar-refractivity contribution in [2.45, 2.75) is 77.4 Å². The SMILES string of the molecule is CCCCC[C@H](c1ccc(C(=O)NCC2=NCN=N2)cc1)N1C(=O)C(c2cc(Cl)cc(Cl)c2)=NC12CC(C)CC(C)C2. The zero-order chi connectivity index (χ0) is 29.9. The van der Waals surface area contributed by atoms with Gasteiger partial charge in [0.15, 0.2) is 12.5 Å². The molecule has 2 aliphatic heterocycles. The van der Waals surface area contributed by atoms with Crippen molar-refractivity contribution >= 4 is 46.6 Å². The van der Waals surface area contributed by atoms with Crippen LogP contribution in [0.4, 0.5) is 0 Å². The maximum Gasteiger partial charge on any atom is 0.275 e. The molecule has 8 nitrogen and oxygen atoms in total. The Morgan fingerprint density at radius 1 is 1.07 bits per heavy atom. The molecule has 2 unspecified atom stereocenters. The fourth-order valence-electron chi connectivity index (χ4n) is 6.76. The van der Waals surface area contributed by atoms with Gasteiger partial charge in [0.25, 0.3) is 11.8 Å². The highest BCUT2D eigenvalue weighted by Crippen LogP contribution is 2.49. The first-order valence-corrected chi connectivity index (χ1v) is 15.6. The highest BCUT2D eigenvalue weighted by atomic mass is 35.5. The summed E-state index contributed by atoms with van der Waals surface area (Å²) >= 11 is 12.7. The van der Waals surface area contributed by atoms with Gasteiger partial charge in [0.1, 0.15) is 11.4 Å². The largest absolute Gasteiger partial charge is 0.345 e. The Balaban J connectivity index is 1.49. The summed E-state index contributed by atoms with van der Waals surface area (Å²) < 4.78 is 0. The molecule has 1 fully saturated rings. The number of rotatable bonds is 10. The van der Waals surface area contributed by atoms with Crippen LogP contribution in [0, 0.1) is 11.8 Å². The molecule has 2 amide bonds. The second kappa shape index (κ2) is 13.0. The second-order valence-corrected chi connectivity index (χ2v) is 12.8. The van der Waals surface area contributed by atoms with Crippen molar-refractivity contribution < 1.29 is 9.59 Å². The van der Waals surface area contributed by atoms with Crippen LogP contribution in [0.1, 0.15) is 93.2 Å². The van der Waals surface area contributed by atoms with Gasteiger partial charge in [-0.25, -0.2) is 4.99 Å². The number of aliphatic imine (C=N–C) groups is 2. The first-order chi connectivity index (χ1) is 20.2. The van der Waals surface area contributed by atoms with E-state index in [4.69, 9.17) is 28.2 Å². The number of benzene rings is 2. The summed E-state index contributed by atoms with van der Waals surface area (Å²) in [6.45, 7) is 7.23. The molecule has 222 valence electrons. The van der Waals surface area contributed by atoms with Crippen molar-refractivity contribution in [2.75, 3.05) is 13.2 Å². The molecule has 1 saturated carbocycles. The third-order valence-corrected chi connectivity index (χ3v) is 8.78. The molecule has 0 saturated heterocycles. The number of unbranched alkanes of at least 4 members (excludes halogenated alkanes) is 2. The fourth-order valence-corrected chi connectivity index (χ4v) is 7.29. The second-order valence-electron chi connectivity index (χ2n) is 11.9. The monoisotopic (exact) mass is 608 g/mol. The first-order valence-electron chi connectivity index (χ1n) is 14.9. The summed E-state index contributed by atoms with van der Waals surface area (Å²) in [7, 11) is 0. The molecule has 2 heterocycles. The molecule has 0 aromatic heterocycles. The molecule has 0 radical (unpaired) electrons. The van der Waals surface area contributed by atoms with Crippen molar-refractivity contribution in [2.24, 2.45) is 32.0 Å². The molecule has 0 bridgehead atoms. The lowest BCUT2D eigenvalue weighted by Crippen LogP contribution is -2.52. The maximum atomic E-state index is 14.5. The van der Waals surface area contributed by atoms with E-state index in [9.17, 15) is 9.59 Å². The Morgan fingerprint density at radius 3 is 2.38 bits per heavy atom. The van der Waals surface area contributed by atoms with Crippen molar-refractivity contribution in [3.05, 3.63) is 69.2 Å². The van der Waals surface area contributed by atoms with Crippen LogP contribution in [0.25, 0.3) is 0 Å². The van der Waals surface area contributed by atoms with Gasteiger partial charge in [-0.15, -0.1) is 5.11 Å². The molecule has 5 rings (SSSR count). The number of carbonyl (C=O) groups is 2. The molecule has 3 aliphatic rings. The van der Waals surface area contributed by atoms with E-state index in [0.29, 0.717) is 51.2 Å². The van der Waals surface area contributed by atoms with E-state index in [1.807, 2.05) is 24.3 Å². The highest BCUT2D eigenvalue weighted by molar-refractivity contribution is 6.47. The number of amidine groups is 1. The predicted molar refractivity (Wildman–Crippen MR) is 168 cm³/mol. The van der Waals surface area contributed by atoms with Gasteiger partial charge >= 0.3 is 0 Å². The maximum absolute atomic E-state index is 14.5. The molecular formula is C32H38Cl2N6O2. The normalized spacial score (nSPS) is 24.2. The topological polar surface area (TPSA) is 98.9 Å². The lowest BCUT2D eigenvalue weighted by molar-refractivity contribution is -0.134. The van der Waals surface area contributed by atoms with Gasteiger partial charge in [0, 0.05) is 21.2 Å². The fraction of sp³-hybridized carbons (Fsp3) is 0.500. The van der Waals surface area contributed by atoms with Crippen molar-refractivity contribution in [3.63, 3.8) is 0 Å². The number of amides is 2. The zero-order valence-corrected chi connectivity index (χ0v) is 26.0. The van der Waals surface area contributed by atoms with E-state index in [0.717, 1.165) is 50.5 Å². The van der Waals surface area contributed by atoms with Gasteiger partial charge in [0.05, 0.1) is 12.6 Å². The molecule has 10 heteroatoms. The minimum Gasteiger partial charge on any atom is -0.345 e. The van der Waals surface area contributed by atoms with Gasteiger partial charge < -0.3 is 10.2 Å². The van der Waals surface area contributed by atoms with Crippen molar-refractivity contribution in [3.8, 4) is 0 Å². The molecule has 42 heavy (non-hydrogen) atoms. The highest BCUT2D eigenvalue weighted by Gasteiger charge is 2.53. The molecule has 1 N–H and O–H groups in total. The van der Waals surface area contributed by atoms with E-state index in [-0.39, 0.29) is 24.4 Å². The number of nitrogens with zero attached hydrogens (tertiary/aromatic N) is 5. The number of hydrogen-bond donors (Lipinski definition) is 1. The van der Waals surface area contributed by atoms with E-state index >= 15 is 0 Å². The Bertz CT molecular complexity index is 1390. The average molecular weight is 610 g/mol. The number of hydrogen-bond acceptors (Lipinski definition) is 6. The van der Waals surface area contributed by atoms with Gasteiger partial charge in [-0.3, -0.25) is 14.6 Å². The first kappa shape index (κ1) is 30.4. The number of nitrogens with one attached hydrogen (secondary N) is 1. The van der Waals surface area contributed by atoms with Crippen LogP contribution in [-0.2, 0) is 4.79 Å². The number of azo groups is 1. The summed E-state index contributed by atoms with van der Waals surface area (Å²) in [6, 6.07) is 12.6. The standard InChI is InChI=1S/C32H38Cl2N6O2/c1-4-5-6-7-27(22-8-10-23(11-9-22)30(41)35-18-28-36-19-37-39-28)40-31(42)29(24-13-25(33)15-26(34)14-24)38-32(40)16-20(2)12-21(3)17-32/h8-11,13-15,20-21,27H,4-7,12,16-19H2,1-3H3,(H,35,41)/t20?,21?,27-,32?/m1/s1. The van der Waals surface area contributed by atoms with Gasteiger partial charge in [0.2, 0.25) is 0 Å². The molecule has 1 aliphatic carbocycles. The third-order valence-electron chi connectivity index (χ3n) is 8.34. The number of halogens is 2. The minimum atomic E-state index is -0.651. The van der Waals surface area contributed by atoms with Crippen molar-refractivity contribution in [1.82, 2.24) is 10.2 Å². The summed E-state index contributed by atoms with van der Waals surface area (Å²) in [5.74, 6) is 1.05. The van der Waals surface area contributed by atoms with E-state index in [1.165, 1.54) is 0 Å². The zero-order valence-electron chi connectivity index (χ0n) is 24.4. The summed E-state index contributed by atoms with van der Waals surface area (Å²) in [5.41, 5.74) is 1.95. The quantitative estimate of drug-likeness (QED) is 0.280. The van der Waals surface area contributed by atoms with Gasteiger partial charge in [-0.05, 0) is 73.4 Å². The van der Waals surface area contributed by atoms with E-state index in [1.54, 1.807) is 18.2 Å². The molecule has 3 atom stereocenters. The van der Waals surface area contributed by atoms with Crippen LogP contribution in [0.3, 0.4) is 0 Å². The minimum absolute atomic E-state index is 0.0931. The predicted octanol–water partition coefficient (Wildman–Crippen LogP) is 7.65. The Kier molecular flexibility index (Phi) is 9.43. The van der Waals surface area contributed by atoms with Gasteiger partial charge in [-0.2, -0.15) is 5.11 Å². The Hall–Kier alpha value is -3.10. The molecule has 2 aromatic rings. The third kappa shape index (κ3) is 6.60. The van der Waals surface area contributed by atoms with Crippen LogP contribution in [-0.4, -0.2) is 47.1 Å². The summed E-state index contributed by atoms with van der Waals surface area (Å²) in [4.78, 5) is 38.7. The van der Waals surface area contributed by atoms with Crippen LogP contribution in [0.15, 0.2) is 62.7 Å². The van der Waals surface area contributed by atoms with Crippen LogP contribution in [0.5, 0.6) is 0 Å². The van der Waals surface area contributed by atoms with Crippen LogP contribution in [0.2, 0.25) is 10.0 Å².